The predicted molar refractivity (Wildman–Crippen MR) is 74.9 cm³/mol. The molecule has 2 nitrogen and oxygen atoms in total. The molecule has 0 unspecified atom stereocenters. The van der Waals surface area contributed by atoms with Crippen molar-refractivity contribution in [3.05, 3.63) is 64.4 Å². The lowest BCUT2D eigenvalue weighted by atomic mass is 10.2. The Morgan fingerprint density at radius 1 is 1.11 bits per heavy atom. The van der Waals surface area contributed by atoms with Crippen LogP contribution in [0.4, 0.5) is 4.39 Å². The summed E-state index contributed by atoms with van der Waals surface area (Å²) in [6.07, 6.45) is 0. The highest BCUT2D eigenvalue weighted by molar-refractivity contribution is 6.30. The van der Waals surface area contributed by atoms with Gasteiger partial charge in [0.05, 0.1) is 5.02 Å². The lowest BCUT2D eigenvalue weighted by Crippen LogP contribution is -2.08. The molecule has 1 N–H and O–H groups in total. The van der Waals surface area contributed by atoms with Gasteiger partial charge in [-0.3, -0.25) is 0 Å². The lowest BCUT2D eigenvalue weighted by molar-refractivity contribution is 0.296. The molecule has 0 aliphatic carbocycles. The summed E-state index contributed by atoms with van der Waals surface area (Å²) < 4.78 is 19.4. The number of halogens is 2. The number of hydrogen-bond acceptors (Lipinski definition) is 2. The zero-order valence-corrected chi connectivity index (χ0v) is 11.4. The van der Waals surface area contributed by atoms with Crippen LogP contribution in [-0.2, 0) is 13.2 Å². The molecule has 0 saturated carbocycles. The molecule has 2 rings (SSSR count). The number of rotatable bonds is 5. The van der Waals surface area contributed by atoms with E-state index < -0.39 is 5.82 Å². The molecular formula is C15H15ClFNO. The van der Waals surface area contributed by atoms with E-state index in [0.29, 0.717) is 12.1 Å². The van der Waals surface area contributed by atoms with Crippen molar-refractivity contribution in [1.29, 1.82) is 0 Å². The minimum Gasteiger partial charge on any atom is -0.488 e. The van der Waals surface area contributed by atoms with Crippen LogP contribution >= 0.6 is 11.6 Å². The van der Waals surface area contributed by atoms with E-state index in [1.807, 2.05) is 31.3 Å². The van der Waals surface area contributed by atoms with E-state index in [-0.39, 0.29) is 11.6 Å². The summed E-state index contributed by atoms with van der Waals surface area (Å²) in [5.41, 5.74) is 1.49. The van der Waals surface area contributed by atoms with Crippen molar-refractivity contribution >= 4 is 11.6 Å². The molecule has 0 aliphatic heterocycles. The highest BCUT2D eigenvalue weighted by Crippen LogP contribution is 2.22. The zero-order chi connectivity index (χ0) is 13.7. The maximum absolute atomic E-state index is 13.7. The van der Waals surface area contributed by atoms with Crippen molar-refractivity contribution in [3.8, 4) is 5.75 Å². The Kier molecular flexibility index (Phi) is 4.77. The molecule has 0 amide bonds. The third kappa shape index (κ3) is 3.46. The molecule has 0 bridgehead atoms. The molecule has 0 aliphatic rings. The minimum absolute atomic E-state index is 0.115. The SMILES string of the molecule is CNCc1ccccc1OCc1cccc(Cl)c1F. The molecule has 0 fully saturated rings. The molecule has 0 aromatic heterocycles. The van der Waals surface area contributed by atoms with E-state index in [1.54, 1.807) is 12.1 Å². The van der Waals surface area contributed by atoms with Crippen LogP contribution in [-0.4, -0.2) is 7.05 Å². The summed E-state index contributed by atoms with van der Waals surface area (Å²) in [7, 11) is 1.87. The molecule has 0 heterocycles. The molecule has 2 aromatic carbocycles. The largest absolute Gasteiger partial charge is 0.488 e. The first-order valence-electron chi connectivity index (χ1n) is 6.00. The van der Waals surface area contributed by atoms with Gasteiger partial charge in [-0.15, -0.1) is 0 Å². The summed E-state index contributed by atoms with van der Waals surface area (Å²) in [6, 6.07) is 12.6. The van der Waals surface area contributed by atoms with Gasteiger partial charge in [0, 0.05) is 17.7 Å². The molecule has 0 radical (unpaired) electrons. The highest BCUT2D eigenvalue weighted by atomic mass is 35.5. The maximum atomic E-state index is 13.7. The van der Waals surface area contributed by atoms with E-state index in [4.69, 9.17) is 16.3 Å². The Morgan fingerprint density at radius 2 is 1.84 bits per heavy atom. The number of hydrogen-bond donors (Lipinski definition) is 1. The quantitative estimate of drug-likeness (QED) is 0.899. The lowest BCUT2D eigenvalue weighted by Gasteiger charge is -2.12. The average Bonchev–Trinajstić information content (AvgIpc) is 2.42. The molecule has 19 heavy (non-hydrogen) atoms. The Bertz CT molecular complexity index is 560. The summed E-state index contributed by atoms with van der Waals surface area (Å²) >= 11 is 5.74. The van der Waals surface area contributed by atoms with Crippen molar-refractivity contribution in [1.82, 2.24) is 5.32 Å². The van der Waals surface area contributed by atoms with Crippen LogP contribution < -0.4 is 10.1 Å². The first kappa shape index (κ1) is 13.8. The second-order valence-corrected chi connectivity index (χ2v) is 4.55. The maximum Gasteiger partial charge on any atom is 0.148 e. The van der Waals surface area contributed by atoms with Crippen molar-refractivity contribution in [2.24, 2.45) is 0 Å². The number of benzene rings is 2. The van der Waals surface area contributed by atoms with Gasteiger partial charge in [-0.1, -0.05) is 41.9 Å². The van der Waals surface area contributed by atoms with Crippen LogP contribution in [0.1, 0.15) is 11.1 Å². The fourth-order valence-corrected chi connectivity index (χ4v) is 1.99. The Labute approximate surface area is 117 Å². The second-order valence-electron chi connectivity index (χ2n) is 4.14. The van der Waals surface area contributed by atoms with Gasteiger partial charge < -0.3 is 10.1 Å². The molecule has 2 aromatic rings. The van der Waals surface area contributed by atoms with Crippen molar-refractivity contribution < 1.29 is 9.13 Å². The van der Waals surface area contributed by atoms with Crippen LogP contribution in [0.25, 0.3) is 0 Å². The predicted octanol–water partition coefficient (Wildman–Crippen LogP) is 3.78. The van der Waals surface area contributed by atoms with Crippen LogP contribution in [0.5, 0.6) is 5.75 Å². The van der Waals surface area contributed by atoms with Gasteiger partial charge in [0.2, 0.25) is 0 Å². The molecule has 100 valence electrons. The van der Waals surface area contributed by atoms with Crippen LogP contribution in [0, 0.1) is 5.82 Å². The Morgan fingerprint density at radius 3 is 2.63 bits per heavy atom. The molecule has 0 atom stereocenters. The van der Waals surface area contributed by atoms with Gasteiger partial charge in [0.15, 0.2) is 0 Å². The van der Waals surface area contributed by atoms with E-state index >= 15 is 0 Å². The molecule has 0 saturated heterocycles. The fourth-order valence-electron chi connectivity index (χ4n) is 1.80. The highest BCUT2D eigenvalue weighted by Gasteiger charge is 2.08. The van der Waals surface area contributed by atoms with Gasteiger partial charge in [-0.2, -0.15) is 0 Å². The third-order valence-corrected chi connectivity index (χ3v) is 3.05. The molecule has 4 heteroatoms. The number of ether oxygens (including phenoxy) is 1. The third-order valence-electron chi connectivity index (χ3n) is 2.75. The van der Waals surface area contributed by atoms with Crippen LogP contribution in [0.15, 0.2) is 42.5 Å². The van der Waals surface area contributed by atoms with E-state index in [1.165, 1.54) is 6.07 Å². The topological polar surface area (TPSA) is 21.3 Å². The second kappa shape index (κ2) is 6.55. The van der Waals surface area contributed by atoms with E-state index in [2.05, 4.69) is 5.32 Å². The first-order chi connectivity index (χ1) is 9.22. The van der Waals surface area contributed by atoms with E-state index in [9.17, 15) is 4.39 Å². The number of para-hydroxylation sites is 1. The Hall–Kier alpha value is -1.58. The van der Waals surface area contributed by atoms with Gasteiger partial charge in [0.25, 0.3) is 0 Å². The monoisotopic (exact) mass is 279 g/mol. The first-order valence-corrected chi connectivity index (χ1v) is 6.38. The smallest absolute Gasteiger partial charge is 0.148 e. The van der Waals surface area contributed by atoms with Gasteiger partial charge in [0.1, 0.15) is 18.2 Å². The normalized spacial score (nSPS) is 10.5. The van der Waals surface area contributed by atoms with Crippen LogP contribution in [0.2, 0.25) is 5.02 Å². The van der Waals surface area contributed by atoms with Crippen LogP contribution in [0.3, 0.4) is 0 Å². The number of nitrogens with one attached hydrogen (secondary N) is 1. The summed E-state index contributed by atoms with van der Waals surface area (Å²) in [5, 5.41) is 3.18. The summed E-state index contributed by atoms with van der Waals surface area (Å²) in [6.45, 7) is 0.862. The fraction of sp³-hybridized carbons (Fsp3) is 0.200. The van der Waals surface area contributed by atoms with Crippen molar-refractivity contribution in [3.63, 3.8) is 0 Å². The summed E-state index contributed by atoms with van der Waals surface area (Å²) in [5.74, 6) is 0.325. The Balaban J connectivity index is 2.12. The van der Waals surface area contributed by atoms with E-state index in [0.717, 1.165) is 11.3 Å². The molecular weight excluding hydrogens is 265 g/mol. The van der Waals surface area contributed by atoms with Crippen molar-refractivity contribution in [2.75, 3.05) is 7.05 Å². The van der Waals surface area contributed by atoms with Crippen molar-refractivity contribution in [2.45, 2.75) is 13.2 Å². The minimum atomic E-state index is -0.421. The standard InChI is InChI=1S/C15H15ClFNO/c1-18-9-11-5-2-3-8-14(11)19-10-12-6-4-7-13(16)15(12)17/h2-8,18H,9-10H2,1H3. The average molecular weight is 280 g/mol. The van der Waals surface area contributed by atoms with Gasteiger partial charge >= 0.3 is 0 Å². The summed E-state index contributed by atoms with van der Waals surface area (Å²) in [4.78, 5) is 0. The van der Waals surface area contributed by atoms with Gasteiger partial charge in [-0.25, -0.2) is 4.39 Å². The molecule has 0 spiro atoms. The van der Waals surface area contributed by atoms with Gasteiger partial charge in [-0.05, 0) is 19.2 Å². The zero-order valence-electron chi connectivity index (χ0n) is 10.6.